The summed E-state index contributed by atoms with van der Waals surface area (Å²) in [6, 6.07) is 9.39. The summed E-state index contributed by atoms with van der Waals surface area (Å²) in [4.78, 5) is 25.1. The van der Waals surface area contributed by atoms with Crippen molar-refractivity contribution < 1.29 is 14.9 Å². The van der Waals surface area contributed by atoms with E-state index >= 15 is 0 Å². The highest BCUT2D eigenvalue weighted by Crippen LogP contribution is 2.14. The maximum absolute atomic E-state index is 12.0. The molecule has 0 bridgehead atoms. The molecule has 2 amide bonds. The molecule has 0 spiro atoms. The van der Waals surface area contributed by atoms with Gasteiger partial charge in [0.05, 0.1) is 19.5 Å². The quantitative estimate of drug-likeness (QED) is 0.738. The molecule has 90 valence electrons. The Kier molecular flexibility index (Phi) is 3.54. The van der Waals surface area contributed by atoms with Crippen molar-refractivity contribution in [3.8, 4) is 0 Å². The summed E-state index contributed by atoms with van der Waals surface area (Å²) in [6.45, 7) is 3.20. The van der Waals surface area contributed by atoms with E-state index in [0.717, 1.165) is 12.1 Å². The van der Waals surface area contributed by atoms with Crippen molar-refractivity contribution in [1.29, 1.82) is 0 Å². The van der Waals surface area contributed by atoms with Crippen LogP contribution in [0.4, 0.5) is 0 Å². The molecule has 0 radical (unpaired) electrons. The first kappa shape index (κ1) is 11.8. The number of amides is 2. The first-order valence-corrected chi connectivity index (χ1v) is 5.94. The van der Waals surface area contributed by atoms with Gasteiger partial charge >= 0.3 is 0 Å². The van der Waals surface area contributed by atoms with Crippen LogP contribution in [0.25, 0.3) is 0 Å². The normalized spacial score (nSPS) is 20.1. The molecule has 0 unspecified atom stereocenters. The smallest absolute Gasteiger partial charge is 0.288 e. The zero-order valence-corrected chi connectivity index (χ0v) is 9.93. The number of likely N-dealkylation sites (N-methyl/N-ethyl adjacent to an activating group) is 1. The van der Waals surface area contributed by atoms with Gasteiger partial charge in [0.15, 0.2) is 6.04 Å². The Balaban J connectivity index is 2.07. The summed E-state index contributed by atoms with van der Waals surface area (Å²) < 4.78 is 0. The lowest BCUT2D eigenvalue weighted by atomic mass is 10.2. The molecule has 2 rings (SSSR count). The highest BCUT2D eigenvalue weighted by molar-refractivity contribution is 6.04. The van der Waals surface area contributed by atoms with E-state index in [1.807, 2.05) is 42.6 Å². The van der Waals surface area contributed by atoms with Crippen molar-refractivity contribution in [1.82, 2.24) is 4.90 Å². The number of imide groups is 1. The minimum atomic E-state index is -0.212. The van der Waals surface area contributed by atoms with E-state index in [0.29, 0.717) is 13.0 Å². The zero-order valence-electron chi connectivity index (χ0n) is 9.93. The highest BCUT2D eigenvalue weighted by atomic mass is 16.2. The average molecular weight is 233 g/mol. The fourth-order valence-electron chi connectivity index (χ4n) is 2.11. The second kappa shape index (κ2) is 5.10. The van der Waals surface area contributed by atoms with Crippen LogP contribution < -0.4 is 5.32 Å². The topological polar surface area (TPSA) is 54.0 Å². The first-order valence-electron chi connectivity index (χ1n) is 5.94. The third kappa shape index (κ3) is 2.53. The molecule has 1 atom stereocenters. The standard InChI is InChI=1S/C13H16N2O2/c1-2-14-11-8-12(16)15(13(11)17)9-10-6-4-3-5-7-10/h3-7,11,14H,2,8-9H2,1H3/p+1/t11-/m0/s1. The van der Waals surface area contributed by atoms with Crippen molar-refractivity contribution in [2.24, 2.45) is 0 Å². The Morgan fingerprint density at radius 1 is 1.29 bits per heavy atom. The molecule has 1 fully saturated rings. The van der Waals surface area contributed by atoms with Crippen LogP contribution in [0.15, 0.2) is 30.3 Å². The molecule has 1 aliphatic heterocycles. The van der Waals surface area contributed by atoms with E-state index in [9.17, 15) is 9.59 Å². The number of nitrogens with two attached hydrogens (primary N) is 1. The van der Waals surface area contributed by atoms with Crippen molar-refractivity contribution in [3.05, 3.63) is 35.9 Å². The lowest BCUT2D eigenvalue weighted by Crippen LogP contribution is -2.91. The summed E-state index contributed by atoms with van der Waals surface area (Å²) in [6.07, 6.45) is 0.333. The molecular weight excluding hydrogens is 216 g/mol. The number of rotatable bonds is 4. The van der Waals surface area contributed by atoms with Gasteiger partial charge in [0.2, 0.25) is 5.91 Å². The molecule has 4 heteroatoms. The monoisotopic (exact) mass is 233 g/mol. The van der Waals surface area contributed by atoms with Gasteiger partial charge < -0.3 is 5.32 Å². The molecule has 0 saturated carbocycles. The van der Waals surface area contributed by atoms with Crippen LogP contribution >= 0.6 is 0 Å². The number of hydrogen-bond donors (Lipinski definition) is 1. The van der Waals surface area contributed by atoms with Gasteiger partial charge in [0.25, 0.3) is 5.91 Å². The first-order chi connectivity index (χ1) is 8.22. The molecule has 1 aromatic rings. The molecule has 0 aromatic heterocycles. The Hall–Kier alpha value is -1.68. The van der Waals surface area contributed by atoms with Crippen LogP contribution in [0.1, 0.15) is 18.9 Å². The van der Waals surface area contributed by atoms with Gasteiger partial charge in [-0.05, 0) is 12.5 Å². The van der Waals surface area contributed by atoms with Crippen molar-refractivity contribution in [2.45, 2.75) is 25.9 Å². The molecule has 0 aliphatic carbocycles. The van der Waals surface area contributed by atoms with Crippen LogP contribution in [-0.4, -0.2) is 29.3 Å². The second-order valence-corrected chi connectivity index (χ2v) is 4.26. The number of likely N-dealkylation sites (tertiary alicyclic amines) is 1. The Morgan fingerprint density at radius 2 is 2.00 bits per heavy atom. The molecular formula is C13H17N2O2+. The van der Waals surface area contributed by atoms with Crippen LogP contribution in [0.5, 0.6) is 0 Å². The fourth-order valence-corrected chi connectivity index (χ4v) is 2.11. The molecule has 1 saturated heterocycles. The van der Waals surface area contributed by atoms with Crippen LogP contribution in [0, 0.1) is 0 Å². The van der Waals surface area contributed by atoms with Crippen LogP contribution in [0.2, 0.25) is 0 Å². The van der Waals surface area contributed by atoms with E-state index in [4.69, 9.17) is 0 Å². The van der Waals surface area contributed by atoms with Gasteiger partial charge in [0, 0.05) is 0 Å². The number of quaternary nitrogens is 1. The molecule has 1 heterocycles. The fraction of sp³-hybridized carbons (Fsp3) is 0.385. The van der Waals surface area contributed by atoms with E-state index in [1.54, 1.807) is 0 Å². The number of nitrogens with zero attached hydrogens (tertiary/aromatic N) is 1. The highest BCUT2D eigenvalue weighted by Gasteiger charge is 2.40. The van der Waals surface area contributed by atoms with Gasteiger partial charge in [-0.2, -0.15) is 0 Å². The predicted octanol–water partition coefficient (Wildman–Crippen LogP) is -0.103. The van der Waals surface area contributed by atoms with E-state index in [2.05, 4.69) is 0 Å². The maximum atomic E-state index is 12.0. The summed E-state index contributed by atoms with van der Waals surface area (Å²) in [5.74, 6) is -0.116. The molecule has 4 nitrogen and oxygen atoms in total. The minimum absolute atomic E-state index is 0.0549. The average Bonchev–Trinajstić information content (AvgIpc) is 2.59. The number of hydrogen-bond acceptors (Lipinski definition) is 2. The molecule has 1 aliphatic rings. The molecule has 17 heavy (non-hydrogen) atoms. The summed E-state index contributed by atoms with van der Waals surface area (Å²) in [7, 11) is 0. The Bertz CT molecular complexity index is 417. The second-order valence-electron chi connectivity index (χ2n) is 4.26. The van der Waals surface area contributed by atoms with E-state index in [1.165, 1.54) is 4.90 Å². The lowest BCUT2D eigenvalue weighted by Gasteiger charge is -2.13. The number of carbonyl (C=O) groups is 2. The SMILES string of the molecule is CC[NH2+][C@H]1CC(=O)N(Cc2ccccc2)C1=O. The minimum Gasteiger partial charge on any atom is -0.336 e. The molecule has 1 aromatic carbocycles. The van der Waals surface area contributed by atoms with Gasteiger partial charge in [-0.1, -0.05) is 30.3 Å². The van der Waals surface area contributed by atoms with Crippen molar-refractivity contribution >= 4 is 11.8 Å². The van der Waals surface area contributed by atoms with E-state index in [-0.39, 0.29) is 17.9 Å². The summed E-state index contributed by atoms with van der Waals surface area (Å²) in [5.41, 5.74) is 0.992. The van der Waals surface area contributed by atoms with Crippen molar-refractivity contribution in [3.63, 3.8) is 0 Å². The van der Waals surface area contributed by atoms with Gasteiger partial charge in [-0.25, -0.2) is 0 Å². The predicted molar refractivity (Wildman–Crippen MR) is 62.9 cm³/mol. The Labute approximate surface area is 101 Å². The third-order valence-corrected chi connectivity index (χ3v) is 2.98. The lowest BCUT2D eigenvalue weighted by molar-refractivity contribution is -0.672. The third-order valence-electron chi connectivity index (χ3n) is 2.98. The maximum Gasteiger partial charge on any atom is 0.288 e. The van der Waals surface area contributed by atoms with Gasteiger partial charge in [0.1, 0.15) is 0 Å². The van der Waals surface area contributed by atoms with Crippen molar-refractivity contribution in [2.75, 3.05) is 6.54 Å². The van der Waals surface area contributed by atoms with Crippen LogP contribution in [-0.2, 0) is 16.1 Å². The van der Waals surface area contributed by atoms with E-state index < -0.39 is 0 Å². The number of benzene rings is 1. The molecule has 2 N–H and O–H groups in total. The zero-order chi connectivity index (χ0) is 12.3. The summed E-state index contributed by atoms with van der Waals surface area (Å²) >= 11 is 0. The van der Waals surface area contributed by atoms with Gasteiger partial charge in [-0.3, -0.25) is 14.5 Å². The van der Waals surface area contributed by atoms with Crippen LogP contribution in [0.3, 0.4) is 0 Å². The summed E-state index contributed by atoms with van der Waals surface area (Å²) in [5, 5.41) is 1.92. The Morgan fingerprint density at radius 3 is 2.65 bits per heavy atom. The largest absolute Gasteiger partial charge is 0.336 e. The number of carbonyl (C=O) groups excluding carboxylic acids is 2. The van der Waals surface area contributed by atoms with Gasteiger partial charge in [-0.15, -0.1) is 0 Å².